The molecule has 0 fully saturated rings. The topological polar surface area (TPSA) is 347 Å². The second-order valence-electron chi connectivity index (χ2n) is 40.1. The minimum atomic E-state index is -3.01. The number of aromatic nitrogens is 4. The molecule has 0 spiro atoms. The minimum Gasteiger partial charge on any atom is -0.481 e. The maximum absolute atomic E-state index is 13.1. The van der Waals surface area contributed by atoms with Crippen LogP contribution in [0.1, 0.15) is 240 Å². The third-order valence-electron chi connectivity index (χ3n) is 28.1. The van der Waals surface area contributed by atoms with Gasteiger partial charge < -0.3 is 57.4 Å². The summed E-state index contributed by atoms with van der Waals surface area (Å²) in [6.45, 7) is 39.0. The van der Waals surface area contributed by atoms with Gasteiger partial charge in [-0.1, -0.05) is 20.8 Å². The Balaban J connectivity index is 0.000000157. The number of sulfone groups is 2. The fourth-order valence-corrected chi connectivity index (χ4v) is 22.3. The summed E-state index contributed by atoms with van der Waals surface area (Å²) in [5.74, 6) is -0.881. The first-order chi connectivity index (χ1) is 66.2. The Morgan fingerprint density at radius 2 is 0.779 bits per heavy atom. The summed E-state index contributed by atoms with van der Waals surface area (Å²) >= 11 is 0. The van der Waals surface area contributed by atoms with Crippen LogP contribution in [-0.2, 0) is 71.5 Å². The molecule has 4 aliphatic rings. The molecule has 0 amide bonds. The number of rotatable bonds is 32. The van der Waals surface area contributed by atoms with E-state index >= 15 is 0 Å². The van der Waals surface area contributed by atoms with Crippen LogP contribution < -0.4 is 60.4 Å². The number of fused-ring (bicyclic) bond motifs is 8. The number of anilines is 4. The van der Waals surface area contributed by atoms with Crippen molar-refractivity contribution in [3.63, 3.8) is 0 Å². The lowest BCUT2D eigenvalue weighted by molar-refractivity contribution is -0.705. The van der Waals surface area contributed by atoms with E-state index in [1.54, 1.807) is 6.92 Å². The van der Waals surface area contributed by atoms with Crippen LogP contribution >= 0.6 is 0 Å². The Morgan fingerprint density at radius 1 is 0.414 bits per heavy atom. The van der Waals surface area contributed by atoms with Gasteiger partial charge >= 0.3 is 40.4 Å². The number of unbranched alkanes of at least 4 members (excludes halogenated alkanes) is 2. The average Bonchev–Trinajstić information content (AvgIpc) is 0.745. The zero-order valence-electron chi connectivity index (χ0n) is 84.3. The number of pyridine rings is 4. The van der Waals surface area contributed by atoms with Gasteiger partial charge in [-0.2, -0.15) is 0 Å². The highest BCUT2D eigenvalue weighted by Crippen LogP contribution is 2.48. The highest BCUT2D eigenvalue weighted by Gasteiger charge is 2.40. The molecule has 27 nitrogen and oxygen atoms in total. The van der Waals surface area contributed by atoms with Gasteiger partial charge in [0, 0.05) is 282 Å². The molecule has 0 aliphatic carbocycles. The van der Waals surface area contributed by atoms with Gasteiger partial charge in [-0.25, -0.2) is 54.3 Å². The largest absolute Gasteiger partial charge is 0.481 e. The third-order valence-corrected chi connectivity index (χ3v) is 30.2. The van der Waals surface area contributed by atoms with E-state index in [0.29, 0.717) is 134 Å². The lowest BCUT2D eigenvalue weighted by atomic mass is 9.79. The molecule has 12 heterocycles. The number of nitrogens with zero attached hydrogens (tertiary/aromatic N) is 8. The molecule has 4 aromatic carbocycles. The van der Waals surface area contributed by atoms with Crippen LogP contribution in [0.25, 0.3) is 88.4 Å². The monoisotopic (exact) mass is 1950 g/mol. The third kappa shape index (κ3) is 25.6. The Bertz CT molecular complexity index is 7190. The van der Waals surface area contributed by atoms with E-state index in [9.17, 15) is 55.2 Å². The van der Waals surface area contributed by atoms with Crippen LogP contribution in [0.2, 0.25) is 0 Å². The number of aryl methyl sites for hydroxylation is 9. The quantitative estimate of drug-likeness (QED) is 0.0200. The normalized spacial score (nSPS) is 15.9. The van der Waals surface area contributed by atoms with Crippen LogP contribution in [0.3, 0.4) is 0 Å². The second-order valence-corrected chi connectivity index (χ2v) is 44.7. The Hall–Kier alpha value is -12.5. The lowest BCUT2D eigenvalue weighted by Gasteiger charge is -2.47. The van der Waals surface area contributed by atoms with E-state index in [-0.39, 0.29) is 58.9 Å². The number of carboxylic acids is 3. The number of carboxylic acid groups (broad SMARTS) is 3. The first-order valence-corrected chi connectivity index (χ1v) is 53.4. The first-order valence-electron chi connectivity index (χ1n) is 49.3. The molecule has 4 aliphatic heterocycles. The molecule has 12 aromatic rings. The van der Waals surface area contributed by atoms with Gasteiger partial charge in [0.15, 0.2) is 47.1 Å². The molecule has 0 saturated carbocycles. The van der Waals surface area contributed by atoms with E-state index in [4.69, 9.17) is 33.0 Å². The summed E-state index contributed by atoms with van der Waals surface area (Å²) in [4.78, 5) is 105. The molecular weight excluding hydrogens is 1810 g/mol. The van der Waals surface area contributed by atoms with Gasteiger partial charge in [-0.3, -0.25) is 14.4 Å². The summed E-state index contributed by atoms with van der Waals surface area (Å²) in [7, 11) is -6.01. The first kappa shape index (κ1) is 105. The molecular formula is C111H138N8O19S2+4. The number of carbonyl (C=O) groups is 4. The van der Waals surface area contributed by atoms with Crippen molar-refractivity contribution in [1.82, 2.24) is 0 Å². The zero-order valence-corrected chi connectivity index (χ0v) is 85.9. The molecule has 0 saturated heterocycles. The van der Waals surface area contributed by atoms with Crippen LogP contribution in [0.15, 0.2) is 177 Å². The number of hydrogen-bond donors (Lipinski definition) is 3. The van der Waals surface area contributed by atoms with Crippen molar-refractivity contribution in [3.8, 4) is 44.5 Å². The summed E-state index contributed by atoms with van der Waals surface area (Å²) in [6, 6.07) is 39.8. The fourth-order valence-electron chi connectivity index (χ4n) is 20.9. The molecule has 0 radical (unpaired) electrons. The summed E-state index contributed by atoms with van der Waals surface area (Å²) in [5.41, 5.74) is 20.2. The van der Waals surface area contributed by atoms with Crippen LogP contribution in [0, 0.1) is 34.6 Å². The summed E-state index contributed by atoms with van der Waals surface area (Å²) in [5, 5.41) is 30.8. The summed E-state index contributed by atoms with van der Waals surface area (Å²) in [6.07, 6.45) is 20.2. The van der Waals surface area contributed by atoms with E-state index in [2.05, 4.69) is 142 Å². The molecule has 3 unspecified atom stereocenters. The average molecular weight is 1950 g/mol. The van der Waals surface area contributed by atoms with Gasteiger partial charge in [0.05, 0.1) is 33.8 Å². The molecule has 3 atom stereocenters. The van der Waals surface area contributed by atoms with E-state index in [0.717, 1.165) is 173 Å². The van der Waals surface area contributed by atoms with Gasteiger partial charge in [-0.05, 0) is 201 Å². The maximum atomic E-state index is 13.1. The van der Waals surface area contributed by atoms with Crippen molar-refractivity contribution in [2.45, 2.75) is 268 Å². The van der Waals surface area contributed by atoms with E-state index in [1.807, 2.05) is 133 Å². The van der Waals surface area contributed by atoms with Crippen molar-refractivity contribution in [2.24, 2.45) is 0 Å². The number of Topliss-reactive ketones (excluding diaryl/α,β-unsaturated/α-hetero) is 1. The molecule has 140 heavy (non-hydrogen) atoms. The van der Waals surface area contributed by atoms with Gasteiger partial charge in [-0.15, -0.1) is 0 Å². The number of ketones is 1. The minimum absolute atomic E-state index is 0.109. The van der Waals surface area contributed by atoms with E-state index in [1.165, 1.54) is 40.5 Å². The Labute approximate surface area is 820 Å². The second kappa shape index (κ2) is 44.5. The van der Waals surface area contributed by atoms with E-state index < -0.39 is 48.8 Å². The van der Waals surface area contributed by atoms with Crippen molar-refractivity contribution in [1.29, 1.82) is 0 Å². The SMILES string of the molecule is CCN1CCCc2cc3cc(-c4cc[n+](CCCCCC(C)=O)c(C)c4)c(=O)oc3cc21.CC[n+]1c(C)cc(-c2cc3cc4c(cc3oc2=O)N(CCCC(=O)O)C(C)(C)CC4C)cc1C.Cc1cc(-c2cc3cc4c(cc3oc2=O)N(CCCC(=O)O)C(C)(C)CC4C)cc[n+]1CCCS(C)(=O)=O.Cc1cc(-c2cc3cc4c(cc3oc2=O)N(CCCC(=O)O)CCC4C)cc[n+]1CCCS(C)(=O)=O. The number of benzene rings is 4. The van der Waals surface area contributed by atoms with Crippen molar-refractivity contribution in [2.75, 3.05) is 82.9 Å². The molecule has 3 N–H and O–H groups in total. The molecule has 29 heteroatoms. The zero-order chi connectivity index (χ0) is 101. The smallest absolute Gasteiger partial charge is 0.344 e. The van der Waals surface area contributed by atoms with Crippen LogP contribution in [0.4, 0.5) is 22.7 Å². The molecule has 8 aromatic heterocycles. The predicted molar refractivity (Wildman–Crippen MR) is 551 cm³/mol. The highest BCUT2D eigenvalue weighted by atomic mass is 32.2. The van der Waals surface area contributed by atoms with Crippen molar-refractivity contribution < 1.29 is 87.3 Å². The standard InChI is InChI=1S/C29H36N2O6S.C28H34N2O4.C27H32N2O6S.C27H33N2O3/c1-19-18-29(3,4)31(11-6-8-27(32)33)25-17-26-22(15-23(19)25)16-24(28(34)37-26)21-9-12-30(20(2)14-21)10-7-13-38(5,35)36;1-7-29-18(3)11-20(12-19(29)4)23-14-21-13-22-17(2)16-28(5,6)30(10-8-9-26(31)32)24(22)15-25(21)34-27(23)33;1-18-7-11-29(9-4-6-26(30)31)24-17-25-21(15-22(18)24)16-23(27(32)35-25)20-8-12-28(19(2)14-20)10-5-13-36(3,33)34;1-4-28-13-8-10-22-16-23-17-24(27(31)32-26(23)18-25(22)28)21-11-14-29(19(2)15-21)12-7-5-6-9-20(3)30/h9,12,14-17,19H,6-8,10-11,13,18H2,1-5H3;11-15,17H,7-10,16H2,1-6H3;8,12,14-18H,4-7,9-11,13H2,1-3H3;11,14-18H,4-10,12-13H2,1-3H3/q;;;+1/p+3. The van der Waals surface area contributed by atoms with Crippen LogP contribution in [0.5, 0.6) is 0 Å². The number of hydrogen-bond acceptors (Lipinski definition) is 20. The number of carbonyl (C=O) groups excluding carboxylic acids is 1. The van der Waals surface area contributed by atoms with Crippen molar-refractivity contribution >= 4 is 110 Å². The summed E-state index contributed by atoms with van der Waals surface area (Å²) < 4.78 is 77.3. The number of aliphatic carboxylic acids is 3. The Morgan fingerprint density at radius 3 is 1.16 bits per heavy atom. The predicted octanol–water partition coefficient (Wildman–Crippen LogP) is 18.4. The van der Waals surface area contributed by atoms with Gasteiger partial charge in [0.1, 0.15) is 74.0 Å². The highest BCUT2D eigenvalue weighted by molar-refractivity contribution is 7.90. The fraction of sp³-hybridized carbons (Fsp3) is 0.459. The van der Waals surface area contributed by atoms with Gasteiger partial charge in [0.25, 0.3) is 0 Å². The molecule has 0 bridgehead atoms. The Kier molecular flexibility index (Phi) is 33.4. The maximum Gasteiger partial charge on any atom is 0.344 e. The van der Waals surface area contributed by atoms with Gasteiger partial charge in [0.2, 0.25) is 0 Å². The van der Waals surface area contributed by atoms with Crippen molar-refractivity contribution in [3.05, 3.63) is 232 Å². The van der Waals surface area contributed by atoms with Crippen LogP contribution in [-0.4, -0.2) is 130 Å². The molecule has 16 rings (SSSR count). The molecule has 744 valence electrons. The lowest BCUT2D eigenvalue weighted by Crippen LogP contribution is -2.48.